The largest absolute Gasteiger partial charge is 0.414 e. The summed E-state index contributed by atoms with van der Waals surface area (Å²) in [5.41, 5.74) is 0. The van der Waals surface area contributed by atoms with Gasteiger partial charge in [-0.2, -0.15) is 0 Å². The smallest absolute Gasteiger partial charge is 0.192 e. The number of hydrogen-bond donors (Lipinski definition) is 2. The van der Waals surface area contributed by atoms with Crippen LogP contribution in [0, 0.1) is 5.92 Å². The third-order valence-corrected chi connectivity index (χ3v) is 10.5. The Hall–Kier alpha value is 0.0169. The highest BCUT2D eigenvalue weighted by Gasteiger charge is 2.45. The van der Waals surface area contributed by atoms with Gasteiger partial charge in [-0.25, -0.2) is 0 Å². The van der Waals surface area contributed by atoms with Gasteiger partial charge in [0.2, 0.25) is 0 Å². The summed E-state index contributed by atoms with van der Waals surface area (Å²) in [7, 11) is -1.87. The first kappa shape index (κ1) is 20.3. The van der Waals surface area contributed by atoms with Crippen molar-refractivity contribution in [2.24, 2.45) is 5.92 Å². The molecule has 0 saturated carbocycles. The van der Waals surface area contributed by atoms with Crippen LogP contribution in [0.4, 0.5) is 0 Å². The van der Waals surface area contributed by atoms with Crippen molar-refractivity contribution < 1.29 is 24.1 Å². The van der Waals surface area contributed by atoms with E-state index in [1.807, 2.05) is 0 Å². The molecule has 2 bridgehead atoms. The zero-order valence-corrected chi connectivity index (χ0v) is 17.0. The van der Waals surface area contributed by atoms with Crippen LogP contribution in [-0.4, -0.2) is 62.8 Å². The quantitative estimate of drug-likeness (QED) is 0.758. The topological polar surface area (TPSA) is 68.2 Å². The fraction of sp³-hybridized carbons (Fsp3) is 1.00. The third kappa shape index (κ3) is 4.80. The Morgan fingerprint density at radius 3 is 2.46 bits per heavy atom. The second kappa shape index (κ2) is 8.14. The molecule has 3 heterocycles. The van der Waals surface area contributed by atoms with E-state index in [1.54, 1.807) is 0 Å². The van der Waals surface area contributed by atoms with Crippen molar-refractivity contribution in [1.29, 1.82) is 0 Å². The Labute approximate surface area is 147 Å². The summed E-state index contributed by atoms with van der Waals surface area (Å²) in [5.74, 6) is -0.0703. The van der Waals surface area contributed by atoms with Gasteiger partial charge in [0.1, 0.15) is 12.2 Å². The van der Waals surface area contributed by atoms with E-state index in [0.29, 0.717) is 19.8 Å². The predicted molar refractivity (Wildman–Crippen MR) is 96.6 cm³/mol. The summed E-state index contributed by atoms with van der Waals surface area (Å²) in [6, 6.07) is 0. The Bertz CT molecular complexity index is 393. The highest BCUT2D eigenvalue weighted by Crippen LogP contribution is 2.38. The van der Waals surface area contributed by atoms with Crippen molar-refractivity contribution in [1.82, 2.24) is 0 Å². The predicted octanol–water partition coefficient (Wildman–Crippen LogP) is 2.70. The lowest BCUT2D eigenvalue weighted by Crippen LogP contribution is -2.57. The second-order valence-electron chi connectivity index (χ2n) is 8.85. The van der Waals surface area contributed by atoms with Crippen LogP contribution in [0.2, 0.25) is 18.1 Å². The first-order valence-corrected chi connectivity index (χ1v) is 12.3. The molecule has 0 radical (unpaired) electrons. The maximum absolute atomic E-state index is 10.6. The molecule has 5 unspecified atom stereocenters. The molecule has 3 aliphatic rings. The number of aliphatic hydroxyl groups is 2. The lowest BCUT2D eigenvalue weighted by atomic mass is 9.83. The average Bonchev–Trinajstić information content (AvgIpc) is 2.55. The van der Waals surface area contributed by atoms with Crippen molar-refractivity contribution in [3.63, 3.8) is 0 Å². The van der Waals surface area contributed by atoms with Gasteiger partial charge in [-0.05, 0) is 31.0 Å². The Kier molecular flexibility index (Phi) is 6.90. The first-order valence-electron chi connectivity index (χ1n) is 9.37. The van der Waals surface area contributed by atoms with Crippen LogP contribution < -0.4 is 0 Å². The molecule has 3 rings (SSSR count). The molecule has 0 aromatic heterocycles. The fourth-order valence-corrected chi connectivity index (χ4v) is 4.24. The van der Waals surface area contributed by atoms with Crippen molar-refractivity contribution in [3.05, 3.63) is 0 Å². The van der Waals surface area contributed by atoms with Gasteiger partial charge in [0.15, 0.2) is 8.32 Å². The summed E-state index contributed by atoms with van der Waals surface area (Å²) >= 11 is 0. The van der Waals surface area contributed by atoms with Crippen molar-refractivity contribution >= 4 is 8.32 Å². The third-order valence-electron chi connectivity index (χ3n) is 6.02. The highest BCUT2D eigenvalue weighted by molar-refractivity contribution is 6.74. The molecule has 0 spiro atoms. The summed E-state index contributed by atoms with van der Waals surface area (Å²) in [6.45, 7) is 12.6. The minimum absolute atomic E-state index is 0.0703. The fourth-order valence-electron chi connectivity index (χ4n) is 3.22. The zero-order chi connectivity index (χ0) is 18.0. The van der Waals surface area contributed by atoms with E-state index in [0.717, 1.165) is 25.7 Å². The van der Waals surface area contributed by atoms with Gasteiger partial charge in [0.25, 0.3) is 0 Å². The highest BCUT2D eigenvalue weighted by atomic mass is 28.4. The van der Waals surface area contributed by atoms with Crippen LogP contribution in [0.3, 0.4) is 0 Å². The van der Waals surface area contributed by atoms with Gasteiger partial charge in [-0.3, -0.25) is 0 Å². The van der Waals surface area contributed by atoms with Crippen LogP contribution in [-0.2, 0) is 13.9 Å². The van der Waals surface area contributed by atoms with Gasteiger partial charge in [-0.15, -0.1) is 0 Å². The summed E-state index contributed by atoms with van der Waals surface area (Å²) in [5, 5.41) is 21.1. The molecular formula is C18H36O5Si. The molecule has 5 nitrogen and oxygen atoms in total. The van der Waals surface area contributed by atoms with E-state index < -0.39 is 26.6 Å². The SMILES string of the molecule is CC(C)(C)[Si](C)(C)OCC1OC2COCCCCCC1C(O)C2O. The molecule has 6 heteroatoms. The van der Waals surface area contributed by atoms with E-state index >= 15 is 0 Å². The van der Waals surface area contributed by atoms with Crippen LogP contribution >= 0.6 is 0 Å². The summed E-state index contributed by atoms with van der Waals surface area (Å²) in [6.07, 6.45) is 1.69. The molecule has 0 aromatic rings. The minimum atomic E-state index is -1.87. The Balaban J connectivity index is 2.09. The van der Waals surface area contributed by atoms with E-state index in [9.17, 15) is 10.2 Å². The number of aliphatic hydroxyl groups excluding tert-OH is 2. The van der Waals surface area contributed by atoms with Crippen molar-refractivity contribution in [2.45, 2.75) is 89.0 Å². The van der Waals surface area contributed by atoms with Gasteiger partial charge in [0.05, 0.1) is 25.4 Å². The number of ether oxygens (including phenoxy) is 2. The van der Waals surface area contributed by atoms with E-state index in [1.165, 1.54) is 0 Å². The molecule has 0 aromatic carbocycles. The van der Waals surface area contributed by atoms with Gasteiger partial charge >= 0.3 is 0 Å². The lowest BCUT2D eigenvalue weighted by molar-refractivity contribution is -0.219. The van der Waals surface area contributed by atoms with E-state index in [-0.39, 0.29) is 17.1 Å². The standard InChI is InChI=1S/C18H36O5Si/c1-18(2,3)24(4,5)22-12-14-13-9-7-6-8-10-21-11-15(23-14)17(20)16(13)19/h13-17,19-20H,6-12H2,1-5H3. The average molecular weight is 361 g/mol. The van der Waals surface area contributed by atoms with Gasteiger partial charge < -0.3 is 24.1 Å². The van der Waals surface area contributed by atoms with Crippen LogP contribution in [0.5, 0.6) is 0 Å². The van der Waals surface area contributed by atoms with Crippen molar-refractivity contribution in [3.8, 4) is 0 Å². The number of fused-ring (bicyclic) bond motifs is 8. The van der Waals surface area contributed by atoms with Crippen LogP contribution in [0.1, 0.15) is 46.5 Å². The second-order valence-corrected chi connectivity index (χ2v) is 13.7. The van der Waals surface area contributed by atoms with E-state index in [2.05, 4.69) is 33.9 Å². The monoisotopic (exact) mass is 360 g/mol. The van der Waals surface area contributed by atoms with Crippen LogP contribution in [0.15, 0.2) is 0 Å². The van der Waals surface area contributed by atoms with Crippen LogP contribution in [0.25, 0.3) is 0 Å². The van der Waals surface area contributed by atoms with Crippen molar-refractivity contribution in [2.75, 3.05) is 19.8 Å². The maximum Gasteiger partial charge on any atom is 0.192 e. The molecule has 24 heavy (non-hydrogen) atoms. The molecule has 0 amide bonds. The molecule has 142 valence electrons. The number of rotatable bonds is 3. The Morgan fingerprint density at radius 1 is 1.08 bits per heavy atom. The molecule has 5 atom stereocenters. The lowest BCUT2D eigenvalue weighted by Gasteiger charge is -2.45. The summed E-state index contributed by atoms with van der Waals surface area (Å²) < 4.78 is 18.1. The molecular weight excluding hydrogens is 324 g/mol. The number of hydrogen-bond acceptors (Lipinski definition) is 5. The normalized spacial score (nSPS) is 36.4. The summed E-state index contributed by atoms with van der Waals surface area (Å²) in [4.78, 5) is 0. The maximum atomic E-state index is 10.6. The molecule has 2 N–H and O–H groups in total. The first-order chi connectivity index (χ1) is 11.1. The molecule has 3 fully saturated rings. The molecule has 0 aliphatic carbocycles. The minimum Gasteiger partial charge on any atom is -0.414 e. The van der Waals surface area contributed by atoms with Gasteiger partial charge in [-0.1, -0.05) is 33.6 Å². The Morgan fingerprint density at radius 2 is 1.79 bits per heavy atom. The molecule has 3 aliphatic heterocycles. The zero-order valence-electron chi connectivity index (χ0n) is 16.0. The van der Waals surface area contributed by atoms with Gasteiger partial charge in [0, 0.05) is 12.5 Å². The molecule has 3 saturated heterocycles. The van der Waals surface area contributed by atoms with E-state index in [4.69, 9.17) is 13.9 Å².